The summed E-state index contributed by atoms with van der Waals surface area (Å²) in [6, 6.07) is -1.51. The second kappa shape index (κ2) is 16.2. The van der Waals surface area contributed by atoms with Crippen molar-refractivity contribution in [3.05, 3.63) is 0 Å². The third-order valence-electron chi connectivity index (χ3n) is 8.83. The minimum Gasteiger partial charge on any atom is -0.394 e. The lowest BCUT2D eigenvalue weighted by molar-refractivity contribution is -0.397. The molecule has 274 valence electrons. The van der Waals surface area contributed by atoms with Gasteiger partial charge in [-0.1, -0.05) is 0 Å². The maximum absolute atomic E-state index is 12.0. The van der Waals surface area contributed by atoms with Gasteiger partial charge in [0.05, 0.1) is 32.0 Å². The molecule has 4 aliphatic rings. The monoisotopic (exact) mass is 689 g/mol. The lowest BCUT2D eigenvalue weighted by Crippen LogP contribution is -2.69. The van der Waals surface area contributed by atoms with E-state index in [-0.39, 0.29) is 0 Å². The van der Waals surface area contributed by atoms with Gasteiger partial charge in [0.25, 0.3) is 0 Å². The molecular formula is C27H47NO19. The van der Waals surface area contributed by atoms with E-state index in [1.165, 1.54) is 13.8 Å². The Morgan fingerprint density at radius 1 is 0.532 bits per heavy atom. The van der Waals surface area contributed by atoms with E-state index < -0.39 is 148 Å². The first-order chi connectivity index (χ1) is 22.1. The minimum atomic E-state index is -1.90. The predicted molar refractivity (Wildman–Crippen MR) is 148 cm³/mol. The van der Waals surface area contributed by atoms with Crippen LogP contribution < -0.4 is 5.32 Å². The minimum absolute atomic E-state index is 0.690. The van der Waals surface area contributed by atoms with E-state index in [1.54, 1.807) is 0 Å². The molecule has 20 nitrogen and oxygen atoms in total. The number of amides is 1. The van der Waals surface area contributed by atoms with Crippen molar-refractivity contribution in [2.24, 2.45) is 0 Å². The molecule has 12 N–H and O–H groups in total. The molecule has 18 unspecified atom stereocenters. The summed E-state index contributed by atoms with van der Waals surface area (Å²) in [6.45, 7) is 1.53. The molecule has 4 saturated heterocycles. The zero-order valence-corrected chi connectivity index (χ0v) is 25.9. The van der Waals surface area contributed by atoms with Gasteiger partial charge in [0.2, 0.25) is 5.91 Å². The fourth-order valence-corrected chi connectivity index (χ4v) is 6.07. The number of rotatable bonds is 10. The quantitative estimate of drug-likeness (QED) is 0.101. The first kappa shape index (κ1) is 38.6. The van der Waals surface area contributed by atoms with E-state index in [9.17, 15) is 61.0 Å². The highest BCUT2D eigenvalue weighted by Gasteiger charge is 2.56. The molecule has 0 spiro atoms. The highest BCUT2D eigenvalue weighted by molar-refractivity contribution is 5.73. The van der Waals surface area contributed by atoms with Gasteiger partial charge in [-0.05, 0) is 13.8 Å². The molecule has 1 amide bonds. The summed E-state index contributed by atoms with van der Waals surface area (Å²) in [7, 11) is 0. The van der Waals surface area contributed by atoms with Crippen molar-refractivity contribution in [1.29, 1.82) is 0 Å². The molecule has 20 atom stereocenters. The predicted octanol–water partition coefficient (Wildman–Crippen LogP) is -7.51. The van der Waals surface area contributed by atoms with Gasteiger partial charge in [-0.25, -0.2) is 0 Å². The van der Waals surface area contributed by atoms with Crippen LogP contribution in [0.5, 0.6) is 0 Å². The SMILES string of the molecule is CC(=O)NC1C(OC2C(O)C(CO)OC(OC3C(O)C(O)[C@@H](C)O[C@H]3CO)C2OC2OC(C)C(O)C(O)C2O)OC(CO)C(O)C1O. The molecule has 0 aromatic heterocycles. The van der Waals surface area contributed by atoms with Crippen LogP contribution in [-0.4, -0.2) is 204 Å². The van der Waals surface area contributed by atoms with Crippen molar-refractivity contribution in [1.82, 2.24) is 5.32 Å². The molecule has 0 aromatic rings. The molecule has 4 fully saturated rings. The smallest absolute Gasteiger partial charge is 0.217 e. The number of aliphatic hydroxyl groups is 11. The number of hydrogen-bond donors (Lipinski definition) is 12. The Bertz CT molecular complexity index is 1010. The van der Waals surface area contributed by atoms with Crippen LogP contribution in [0.3, 0.4) is 0 Å². The van der Waals surface area contributed by atoms with Crippen LogP contribution in [0.1, 0.15) is 20.8 Å². The maximum atomic E-state index is 12.0. The zero-order chi connectivity index (χ0) is 34.9. The summed E-state index contributed by atoms with van der Waals surface area (Å²) in [5.41, 5.74) is 0. The van der Waals surface area contributed by atoms with Gasteiger partial charge in [-0.3, -0.25) is 4.79 Å². The lowest BCUT2D eigenvalue weighted by Gasteiger charge is -2.50. The second-order valence-electron chi connectivity index (χ2n) is 12.2. The van der Waals surface area contributed by atoms with E-state index in [4.69, 9.17) is 33.2 Å². The summed E-state index contributed by atoms with van der Waals surface area (Å²) in [5.74, 6) is -0.690. The van der Waals surface area contributed by atoms with Crippen molar-refractivity contribution < 1.29 is 94.1 Å². The summed E-state index contributed by atoms with van der Waals surface area (Å²) < 4.78 is 40.5. The van der Waals surface area contributed by atoms with E-state index in [0.717, 1.165) is 6.92 Å². The Labute approximate surface area is 268 Å². The highest BCUT2D eigenvalue weighted by atomic mass is 16.8. The molecule has 20 heteroatoms. The number of ether oxygens (including phenoxy) is 7. The average molecular weight is 690 g/mol. The van der Waals surface area contributed by atoms with Gasteiger partial charge >= 0.3 is 0 Å². The van der Waals surface area contributed by atoms with Crippen LogP contribution in [0.15, 0.2) is 0 Å². The highest BCUT2D eigenvalue weighted by Crippen LogP contribution is 2.36. The van der Waals surface area contributed by atoms with E-state index in [2.05, 4.69) is 5.32 Å². The Morgan fingerprint density at radius 3 is 1.64 bits per heavy atom. The molecule has 4 rings (SSSR count). The summed E-state index contributed by atoms with van der Waals surface area (Å²) >= 11 is 0. The van der Waals surface area contributed by atoms with Gasteiger partial charge in [0.15, 0.2) is 18.9 Å². The Morgan fingerprint density at radius 2 is 1.04 bits per heavy atom. The maximum Gasteiger partial charge on any atom is 0.217 e. The number of nitrogens with one attached hydrogen (secondary N) is 1. The first-order valence-corrected chi connectivity index (χ1v) is 15.3. The summed E-state index contributed by atoms with van der Waals surface area (Å²) in [4.78, 5) is 12.0. The fraction of sp³-hybridized carbons (Fsp3) is 0.963. The lowest BCUT2D eigenvalue weighted by atomic mass is 9.94. The summed E-state index contributed by atoms with van der Waals surface area (Å²) in [5, 5.41) is 117. The van der Waals surface area contributed by atoms with E-state index in [0.29, 0.717) is 0 Å². The third-order valence-corrected chi connectivity index (χ3v) is 8.83. The van der Waals surface area contributed by atoms with Crippen LogP contribution in [0, 0.1) is 0 Å². The number of carbonyl (C=O) groups is 1. The Kier molecular flexibility index (Phi) is 13.3. The summed E-state index contributed by atoms with van der Waals surface area (Å²) in [6.07, 6.45) is -30.4. The average Bonchev–Trinajstić information content (AvgIpc) is 3.04. The van der Waals surface area contributed by atoms with Crippen LogP contribution >= 0.6 is 0 Å². The van der Waals surface area contributed by atoms with Gasteiger partial charge in [-0.15, -0.1) is 0 Å². The molecule has 0 radical (unpaired) electrons. The normalized spacial score (nSPS) is 51.0. The zero-order valence-electron chi connectivity index (χ0n) is 25.9. The van der Waals surface area contributed by atoms with Crippen LogP contribution in [0.2, 0.25) is 0 Å². The molecule has 47 heavy (non-hydrogen) atoms. The van der Waals surface area contributed by atoms with Crippen LogP contribution in [0.25, 0.3) is 0 Å². The Hall–Kier alpha value is -1.25. The fourth-order valence-electron chi connectivity index (χ4n) is 6.07. The molecule has 0 saturated carbocycles. The molecule has 0 bridgehead atoms. The number of aliphatic hydroxyl groups excluding tert-OH is 11. The molecule has 0 aliphatic carbocycles. The molecule has 4 aliphatic heterocycles. The van der Waals surface area contributed by atoms with Gasteiger partial charge < -0.3 is 94.6 Å². The number of carbonyl (C=O) groups excluding carboxylic acids is 1. The van der Waals surface area contributed by atoms with Gasteiger partial charge in [-0.2, -0.15) is 0 Å². The number of hydrogen-bond acceptors (Lipinski definition) is 19. The van der Waals surface area contributed by atoms with Gasteiger partial charge in [0.1, 0.15) is 91.5 Å². The Balaban J connectivity index is 1.73. The van der Waals surface area contributed by atoms with E-state index in [1.807, 2.05) is 0 Å². The van der Waals surface area contributed by atoms with Crippen molar-refractivity contribution in [2.45, 2.75) is 143 Å². The molecule has 0 aromatic carbocycles. The van der Waals surface area contributed by atoms with Crippen LogP contribution in [-0.2, 0) is 38.0 Å². The van der Waals surface area contributed by atoms with Gasteiger partial charge in [0, 0.05) is 6.92 Å². The first-order valence-electron chi connectivity index (χ1n) is 15.3. The van der Waals surface area contributed by atoms with Crippen molar-refractivity contribution >= 4 is 5.91 Å². The van der Waals surface area contributed by atoms with Crippen molar-refractivity contribution in [3.63, 3.8) is 0 Å². The van der Waals surface area contributed by atoms with E-state index >= 15 is 0 Å². The van der Waals surface area contributed by atoms with Crippen LogP contribution in [0.4, 0.5) is 0 Å². The molecular weight excluding hydrogens is 642 g/mol. The largest absolute Gasteiger partial charge is 0.394 e. The van der Waals surface area contributed by atoms with Crippen molar-refractivity contribution in [2.75, 3.05) is 19.8 Å². The van der Waals surface area contributed by atoms with Crippen molar-refractivity contribution in [3.8, 4) is 0 Å². The standard InChI is InChI=1S/C27H47NO19/c1-7-15(34)20(39)22(12(6-31)41-7)45-27-24(47-26-21(40)19(38)14(33)8(2)42-26)23(17(36)11(5-30)44-27)46-25-13(28-9(3)32)18(37)16(35)10(4-29)43-25/h7-8,10-27,29-31,33-40H,4-6H2,1-3H3,(H,28,32)/t7-,8?,10?,11?,12+,13?,14?,15?,16?,17?,18?,19?,20?,21?,22?,23?,24?,25?,26?,27?/m1/s1. The topological polar surface area (TPSA) is 316 Å². The third kappa shape index (κ3) is 8.06. The second-order valence-corrected chi connectivity index (χ2v) is 12.2. The molecule has 4 heterocycles.